The molecule has 0 atom stereocenters. The summed E-state index contributed by atoms with van der Waals surface area (Å²) >= 11 is 1.60. The predicted octanol–water partition coefficient (Wildman–Crippen LogP) is 4.59. The minimum absolute atomic E-state index is 0.337. The first-order valence-electron chi connectivity index (χ1n) is 8.22. The van der Waals surface area contributed by atoms with Crippen LogP contribution >= 0.6 is 11.8 Å². The van der Waals surface area contributed by atoms with Gasteiger partial charge in [0, 0.05) is 23.1 Å². The van der Waals surface area contributed by atoms with Crippen molar-refractivity contribution in [2.45, 2.75) is 46.8 Å². The van der Waals surface area contributed by atoms with Gasteiger partial charge in [0.25, 0.3) is 0 Å². The first-order chi connectivity index (χ1) is 11.7. The van der Waals surface area contributed by atoms with Crippen LogP contribution in [0.4, 0.5) is 4.79 Å². The molecule has 0 saturated carbocycles. The van der Waals surface area contributed by atoms with E-state index in [1.807, 2.05) is 46.8 Å². The summed E-state index contributed by atoms with van der Waals surface area (Å²) in [6, 6.07) is 0. The maximum Gasteiger partial charge on any atom is 0.415 e. The van der Waals surface area contributed by atoms with Gasteiger partial charge < -0.3 is 9.47 Å². The molecule has 2 rings (SSSR count). The van der Waals surface area contributed by atoms with Crippen LogP contribution in [0.3, 0.4) is 0 Å². The number of nitrogens with zero attached hydrogens (tertiary/aromatic N) is 2. The monoisotopic (exact) mass is 362 g/mol. The molecule has 1 aliphatic rings. The third-order valence-corrected chi connectivity index (χ3v) is 4.65. The van der Waals surface area contributed by atoms with Gasteiger partial charge >= 0.3 is 6.09 Å². The molecule has 5 nitrogen and oxygen atoms in total. The molecule has 0 bridgehead atoms. The van der Waals surface area contributed by atoms with E-state index in [1.54, 1.807) is 30.0 Å². The van der Waals surface area contributed by atoms with Crippen LogP contribution in [0.2, 0.25) is 0 Å². The maximum atomic E-state index is 12.8. The Balaban J connectivity index is 2.35. The largest absolute Gasteiger partial charge is 0.496 e. The molecule has 0 N–H and O–H groups in total. The summed E-state index contributed by atoms with van der Waals surface area (Å²) in [5.74, 6) is 1.63. The van der Waals surface area contributed by atoms with Gasteiger partial charge in [-0.1, -0.05) is 12.2 Å². The topological polar surface area (TPSA) is 51.7 Å². The summed E-state index contributed by atoms with van der Waals surface area (Å²) in [6.45, 7) is 9.85. The zero-order chi connectivity index (χ0) is 18.6. The first kappa shape index (κ1) is 19.4. The number of pyridine rings is 1. The first-order valence-corrected chi connectivity index (χ1v) is 9.20. The highest BCUT2D eigenvalue weighted by Crippen LogP contribution is 2.30. The van der Waals surface area contributed by atoms with Crippen molar-refractivity contribution in [3.05, 3.63) is 46.3 Å². The van der Waals surface area contributed by atoms with Crippen LogP contribution in [-0.4, -0.2) is 34.4 Å². The molecule has 0 saturated heterocycles. The smallest absolute Gasteiger partial charge is 0.415 e. The second-order valence-corrected chi connectivity index (χ2v) is 7.90. The van der Waals surface area contributed by atoms with Crippen molar-refractivity contribution >= 4 is 17.9 Å². The maximum absolute atomic E-state index is 12.8. The van der Waals surface area contributed by atoms with E-state index in [-0.39, 0.29) is 6.09 Å². The van der Waals surface area contributed by atoms with Gasteiger partial charge in [0.1, 0.15) is 11.4 Å². The second-order valence-electron chi connectivity index (χ2n) is 6.86. The fourth-order valence-electron chi connectivity index (χ4n) is 2.49. The summed E-state index contributed by atoms with van der Waals surface area (Å²) < 4.78 is 11.1. The van der Waals surface area contributed by atoms with Gasteiger partial charge in [-0.05, 0) is 40.7 Å². The fourth-order valence-corrected chi connectivity index (χ4v) is 3.33. The number of aromatic nitrogens is 1. The van der Waals surface area contributed by atoms with Crippen LogP contribution in [0.25, 0.3) is 0 Å². The zero-order valence-electron chi connectivity index (χ0n) is 15.8. The van der Waals surface area contributed by atoms with E-state index in [0.29, 0.717) is 6.54 Å². The quantitative estimate of drug-likeness (QED) is 0.784. The minimum atomic E-state index is -0.557. The number of thioether (sulfide) groups is 1. The highest BCUT2D eigenvalue weighted by Gasteiger charge is 2.27. The number of allylic oxidation sites excluding steroid dienone is 2. The molecule has 1 aliphatic heterocycles. The van der Waals surface area contributed by atoms with Crippen LogP contribution in [0.5, 0.6) is 5.75 Å². The Hall–Kier alpha value is -1.95. The predicted molar refractivity (Wildman–Crippen MR) is 102 cm³/mol. The zero-order valence-corrected chi connectivity index (χ0v) is 16.6. The van der Waals surface area contributed by atoms with Gasteiger partial charge in [0.15, 0.2) is 0 Å². The molecule has 25 heavy (non-hydrogen) atoms. The lowest BCUT2D eigenvalue weighted by atomic mass is 10.1. The summed E-state index contributed by atoms with van der Waals surface area (Å²) in [6.07, 6.45) is 7.34. The lowest BCUT2D eigenvalue weighted by Gasteiger charge is -2.29. The molecule has 0 aromatic carbocycles. The van der Waals surface area contributed by atoms with Crippen molar-refractivity contribution in [3.63, 3.8) is 0 Å². The number of rotatable bonds is 4. The Morgan fingerprint density at radius 1 is 1.36 bits per heavy atom. The highest BCUT2D eigenvalue weighted by molar-refractivity contribution is 8.03. The molecular weight excluding hydrogens is 336 g/mol. The van der Waals surface area contributed by atoms with E-state index in [1.165, 1.54) is 0 Å². The Labute approximate surface area is 154 Å². The number of amides is 1. The van der Waals surface area contributed by atoms with Crippen molar-refractivity contribution in [1.82, 2.24) is 9.88 Å². The van der Waals surface area contributed by atoms with Crippen molar-refractivity contribution in [2.24, 2.45) is 0 Å². The SMILES string of the molecule is COc1c(C)cnc(CN(C(=O)OC(C)(C)C)C2=CC=CCS2)c1C. The molecule has 0 aliphatic carbocycles. The minimum Gasteiger partial charge on any atom is -0.496 e. The number of hydrogen-bond donors (Lipinski definition) is 0. The van der Waals surface area contributed by atoms with Crippen molar-refractivity contribution in [1.29, 1.82) is 0 Å². The van der Waals surface area contributed by atoms with Crippen molar-refractivity contribution < 1.29 is 14.3 Å². The molecule has 0 fully saturated rings. The number of aryl methyl sites for hydroxylation is 1. The van der Waals surface area contributed by atoms with Gasteiger partial charge in [-0.3, -0.25) is 9.88 Å². The van der Waals surface area contributed by atoms with Crippen molar-refractivity contribution in [2.75, 3.05) is 12.9 Å². The Morgan fingerprint density at radius 2 is 2.08 bits per heavy atom. The molecular formula is C19H26N2O3S. The van der Waals surface area contributed by atoms with E-state index in [0.717, 1.165) is 33.4 Å². The van der Waals surface area contributed by atoms with E-state index in [9.17, 15) is 4.79 Å². The molecule has 2 heterocycles. The number of methoxy groups -OCH3 is 1. The Kier molecular flexibility index (Phi) is 6.16. The fraction of sp³-hybridized carbons (Fsp3) is 0.474. The average molecular weight is 362 g/mol. The van der Waals surface area contributed by atoms with E-state index >= 15 is 0 Å². The third kappa shape index (κ3) is 5.01. The third-order valence-electron chi connectivity index (χ3n) is 3.64. The summed E-state index contributed by atoms with van der Waals surface area (Å²) in [4.78, 5) is 18.9. The number of carbonyl (C=O) groups excluding carboxylic acids is 1. The van der Waals surface area contributed by atoms with E-state index < -0.39 is 5.60 Å². The molecule has 0 spiro atoms. The molecule has 1 amide bonds. The van der Waals surface area contributed by atoms with Crippen LogP contribution in [0.1, 0.15) is 37.6 Å². The Bertz CT molecular complexity index is 705. The lowest BCUT2D eigenvalue weighted by molar-refractivity contribution is 0.0314. The lowest BCUT2D eigenvalue weighted by Crippen LogP contribution is -2.36. The van der Waals surface area contributed by atoms with Crippen LogP contribution < -0.4 is 4.74 Å². The summed E-state index contributed by atoms with van der Waals surface area (Å²) in [5.41, 5.74) is 2.15. The summed E-state index contributed by atoms with van der Waals surface area (Å²) in [7, 11) is 1.65. The standard InChI is InChI=1S/C19H26N2O3S/c1-13-11-20-15(14(2)17(13)23-6)12-21(16-9-7-8-10-25-16)18(22)24-19(3,4)5/h7-9,11H,10,12H2,1-6H3. The molecule has 136 valence electrons. The molecule has 1 aromatic rings. The molecule has 0 unspecified atom stereocenters. The normalized spacial score (nSPS) is 14.1. The number of ether oxygens (including phenoxy) is 2. The van der Waals surface area contributed by atoms with Crippen LogP contribution in [0.15, 0.2) is 29.5 Å². The highest BCUT2D eigenvalue weighted by atomic mass is 32.2. The molecule has 6 heteroatoms. The number of hydrogen-bond acceptors (Lipinski definition) is 5. The average Bonchev–Trinajstić information content (AvgIpc) is 2.54. The van der Waals surface area contributed by atoms with Crippen LogP contribution in [-0.2, 0) is 11.3 Å². The second kappa shape index (κ2) is 7.95. The van der Waals surface area contributed by atoms with E-state index in [2.05, 4.69) is 11.1 Å². The molecule has 0 radical (unpaired) electrons. The molecule has 1 aromatic heterocycles. The van der Waals surface area contributed by atoms with Gasteiger partial charge in [-0.2, -0.15) is 0 Å². The van der Waals surface area contributed by atoms with E-state index in [4.69, 9.17) is 9.47 Å². The van der Waals surface area contributed by atoms with Gasteiger partial charge in [-0.25, -0.2) is 4.79 Å². The Morgan fingerprint density at radius 3 is 2.64 bits per heavy atom. The number of carbonyl (C=O) groups is 1. The van der Waals surface area contributed by atoms with Crippen LogP contribution in [0, 0.1) is 13.8 Å². The van der Waals surface area contributed by atoms with Gasteiger partial charge in [0.2, 0.25) is 0 Å². The summed E-state index contributed by atoms with van der Waals surface area (Å²) in [5, 5.41) is 0.859. The van der Waals surface area contributed by atoms with Crippen molar-refractivity contribution in [3.8, 4) is 5.75 Å². The van der Waals surface area contributed by atoms with Gasteiger partial charge in [0.05, 0.1) is 24.4 Å². The van der Waals surface area contributed by atoms with Gasteiger partial charge in [-0.15, -0.1) is 11.8 Å².